The summed E-state index contributed by atoms with van der Waals surface area (Å²) in [6.07, 6.45) is 3.82. The third kappa shape index (κ3) is 1.13. The Hall–Kier alpha value is -1.59. The Balaban J connectivity index is 1.93. The average molecular weight is 308 g/mol. The standard InChI is InChI=1S/C16H20O6/c1-9(17)22-16-7-4-3-6-14(16)11-10(21-13(14)19)5-8-15(11,16)12(18)20-2/h10-11H,3-8H2,1-2H3/t10-,11+,14+,15+,16-/m1/s1. The molecule has 0 unspecified atom stereocenters. The normalized spacial score (nSPS) is 47.8. The van der Waals surface area contributed by atoms with Gasteiger partial charge in [-0.05, 0) is 32.1 Å². The molecule has 1 aliphatic heterocycles. The highest BCUT2D eigenvalue weighted by molar-refractivity contribution is 5.94. The van der Waals surface area contributed by atoms with E-state index in [9.17, 15) is 14.4 Å². The molecule has 3 aliphatic carbocycles. The van der Waals surface area contributed by atoms with Crippen molar-refractivity contribution in [2.45, 2.75) is 57.2 Å². The van der Waals surface area contributed by atoms with Gasteiger partial charge in [0.05, 0.1) is 7.11 Å². The minimum Gasteiger partial charge on any atom is -0.468 e. The number of hydrogen-bond acceptors (Lipinski definition) is 6. The highest BCUT2D eigenvalue weighted by atomic mass is 16.6. The molecule has 3 saturated carbocycles. The molecule has 22 heavy (non-hydrogen) atoms. The van der Waals surface area contributed by atoms with Gasteiger partial charge in [-0.25, -0.2) is 0 Å². The van der Waals surface area contributed by atoms with Crippen molar-refractivity contribution in [3.63, 3.8) is 0 Å². The van der Waals surface area contributed by atoms with Crippen LogP contribution in [0.2, 0.25) is 0 Å². The lowest BCUT2D eigenvalue weighted by molar-refractivity contribution is -0.305. The number of ether oxygens (including phenoxy) is 3. The van der Waals surface area contributed by atoms with Crippen LogP contribution in [0.25, 0.3) is 0 Å². The van der Waals surface area contributed by atoms with Crippen molar-refractivity contribution >= 4 is 17.9 Å². The fraction of sp³-hybridized carbons (Fsp3) is 0.812. The van der Waals surface area contributed by atoms with Gasteiger partial charge in [0, 0.05) is 12.8 Å². The molecule has 0 aromatic carbocycles. The van der Waals surface area contributed by atoms with E-state index in [1.165, 1.54) is 14.0 Å². The molecule has 6 nitrogen and oxygen atoms in total. The van der Waals surface area contributed by atoms with Crippen molar-refractivity contribution in [2.75, 3.05) is 7.11 Å². The fourth-order valence-corrected chi connectivity index (χ4v) is 6.17. The summed E-state index contributed by atoms with van der Waals surface area (Å²) in [7, 11) is 1.35. The summed E-state index contributed by atoms with van der Waals surface area (Å²) in [6.45, 7) is 1.34. The van der Waals surface area contributed by atoms with Crippen LogP contribution in [0.3, 0.4) is 0 Å². The molecule has 4 aliphatic rings. The van der Waals surface area contributed by atoms with Gasteiger partial charge < -0.3 is 14.2 Å². The lowest BCUT2D eigenvalue weighted by Gasteiger charge is -2.68. The van der Waals surface area contributed by atoms with E-state index in [0.29, 0.717) is 25.7 Å². The van der Waals surface area contributed by atoms with Gasteiger partial charge in [0.15, 0.2) is 0 Å². The van der Waals surface area contributed by atoms with Crippen LogP contribution in [-0.2, 0) is 28.6 Å². The van der Waals surface area contributed by atoms with E-state index in [4.69, 9.17) is 14.2 Å². The van der Waals surface area contributed by atoms with Gasteiger partial charge in [-0.15, -0.1) is 0 Å². The molecule has 4 rings (SSSR count). The van der Waals surface area contributed by atoms with E-state index in [0.717, 1.165) is 12.8 Å². The Labute approximate surface area is 128 Å². The summed E-state index contributed by atoms with van der Waals surface area (Å²) in [6, 6.07) is 0. The van der Waals surface area contributed by atoms with Crippen molar-refractivity contribution in [2.24, 2.45) is 16.7 Å². The lowest BCUT2D eigenvalue weighted by Crippen LogP contribution is -2.81. The second-order valence-electron chi connectivity index (χ2n) is 7.02. The fourth-order valence-electron chi connectivity index (χ4n) is 6.17. The van der Waals surface area contributed by atoms with E-state index in [1.807, 2.05) is 0 Å². The van der Waals surface area contributed by atoms with Crippen molar-refractivity contribution < 1.29 is 28.6 Å². The first kappa shape index (κ1) is 14.0. The van der Waals surface area contributed by atoms with Crippen LogP contribution in [0.4, 0.5) is 0 Å². The highest BCUT2D eigenvalue weighted by Crippen LogP contribution is 2.81. The Bertz CT molecular complexity index is 585. The van der Waals surface area contributed by atoms with Crippen LogP contribution >= 0.6 is 0 Å². The molecule has 0 aromatic heterocycles. The maximum atomic E-state index is 12.7. The Morgan fingerprint density at radius 2 is 1.95 bits per heavy atom. The zero-order valence-corrected chi connectivity index (χ0v) is 12.8. The van der Waals surface area contributed by atoms with E-state index >= 15 is 0 Å². The Morgan fingerprint density at radius 3 is 2.64 bits per heavy atom. The molecule has 0 amide bonds. The number of esters is 3. The van der Waals surface area contributed by atoms with Gasteiger partial charge in [0.2, 0.25) is 0 Å². The van der Waals surface area contributed by atoms with Crippen molar-refractivity contribution in [3.8, 4) is 0 Å². The lowest BCUT2D eigenvalue weighted by atomic mass is 9.34. The Morgan fingerprint density at radius 1 is 1.23 bits per heavy atom. The van der Waals surface area contributed by atoms with E-state index in [-0.39, 0.29) is 24.0 Å². The van der Waals surface area contributed by atoms with Crippen LogP contribution in [0.1, 0.15) is 45.4 Å². The van der Waals surface area contributed by atoms with Crippen molar-refractivity contribution in [3.05, 3.63) is 0 Å². The van der Waals surface area contributed by atoms with Crippen LogP contribution in [0.5, 0.6) is 0 Å². The quantitative estimate of drug-likeness (QED) is 0.566. The first-order chi connectivity index (χ1) is 10.5. The third-order valence-corrected chi connectivity index (χ3v) is 6.54. The molecule has 0 bridgehead atoms. The number of carbonyl (C=O) groups excluding carboxylic acids is 3. The van der Waals surface area contributed by atoms with Gasteiger partial charge >= 0.3 is 17.9 Å². The van der Waals surface area contributed by atoms with Crippen LogP contribution < -0.4 is 0 Å². The Kier molecular flexibility index (Phi) is 2.57. The van der Waals surface area contributed by atoms with Gasteiger partial charge in [-0.2, -0.15) is 0 Å². The second-order valence-corrected chi connectivity index (χ2v) is 7.02. The molecule has 0 aromatic rings. The molecule has 4 fully saturated rings. The van der Waals surface area contributed by atoms with E-state index in [1.54, 1.807) is 0 Å². The molecule has 120 valence electrons. The topological polar surface area (TPSA) is 78.9 Å². The third-order valence-electron chi connectivity index (χ3n) is 6.54. The number of rotatable bonds is 2. The number of hydrogen-bond donors (Lipinski definition) is 0. The first-order valence-corrected chi connectivity index (χ1v) is 7.95. The molecule has 1 spiro atoms. The molecule has 0 radical (unpaired) electrons. The molecule has 1 saturated heterocycles. The predicted molar refractivity (Wildman–Crippen MR) is 72.5 cm³/mol. The van der Waals surface area contributed by atoms with Gasteiger partial charge in [0.1, 0.15) is 22.5 Å². The van der Waals surface area contributed by atoms with E-state index < -0.39 is 22.4 Å². The van der Waals surface area contributed by atoms with Gasteiger partial charge in [-0.3, -0.25) is 14.4 Å². The molecular formula is C16H20O6. The van der Waals surface area contributed by atoms with E-state index in [2.05, 4.69) is 0 Å². The zero-order valence-electron chi connectivity index (χ0n) is 12.8. The summed E-state index contributed by atoms with van der Waals surface area (Å²) in [5.74, 6) is -1.31. The minimum absolute atomic E-state index is 0.209. The maximum Gasteiger partial charge on any atom is 0.316 e. The summed E-state index contributed by atoms with van der Waals surface area (Å²) < 4.78 is 16.4. The maximum absolute atomic E-state index is 12.7. The summed E-state index contributed by atoms with van der Waals surface area (Å²) >= 11 is 0. The summed E-state index contributed by atoms with van der Waals surface area (Å²) in [5, 5.41) is 0. The zero-order chi connectivity index (χ0) is 15.8. The molecular weight excluding hydrogens is 288 g/mol. The van der Waals surface area contributed by atoms with Crippen molar-refractivity contribution in [1.82, 2.24) is 0 Å². The SMILES string of the molecule is COC(=O)[C@@]12CC[C@H]3OC(=O)[C@]4(CCCC[C@]14OC(C)=O)[C@H]32. The smallest absolute Gasteiger partial charge is 0.316 e. The predicted octanol–water partition coefficient (Wildman–Crippen LogP) is 1.36. The monoisotopic (exact) mass is 308 g/mol. The molecule has 5 atom stereocenters. The summed E-state index contributed by atoms with van der Waals surface area (Å²) in [5.41, 5.74) is -2.83. The molecule has 0 N–H and O–H groups in total. The summed E-state index contributed by atoms with van der Waals surface area (Å²) in [4.78, 5) is 37.1. The second kappa shape index (κ2) is 4.03. The van der Waals surface area contributed by atoms with Crippen LogP contribution in [0, 0.1) is 16.7 Å². The number of methoxy groups -OCH3 is 1. The molecule has 1 heterocycles. The van der Waals surface area contributed by atoms with Crippen LogP contribution in [0.15, 0.2) is 0 Å². The number of carbonyl (C=O) groups is 3. The first-order valence-electron chi connectivity index (χ1n) is 7.95. The van der Waals surface area contributed by atoms with Gasteiger partial charge in [-0.1, -0.05) is 6.42 Å². The number of fused-ring (bicyclic) bond motifs is 1. The molecule has 6 heteroatoms. The highest BCUT2D eigenvalue weighted by Gasteiger charge is 2.93. The average Bonchev–Trinajstić information content (AvgIpc) is 2.93. The van der Waals surface area contributed by atoms with Crippen LogP contribution in [-0.4, -0.2) is 36.7 Å². The van der Waals surface area contributed by atoms with Gasteiger partial charge in [0.25, 0.3) is 0 Å². The largest absolute Gasteiger partial charge is 0.468 e. The van der Waals surface area contributed by atoms with Crippen molar-refractivity contribution in [1.29, 1.82) is 0 Å². The minimum atomic E-state index is -1.08.